The zero-order chi connectivity index (χ0) is 13.4. The number of thioether (sulfide) groups is 1. The molecule has 0 radical (unpaired) electrons. The predicted molar refractivity (Wildman–Crippen MR) is 77.2 cm³/mol. The van der Waals surface area contributed by atoms with E-state index in [-0.39, 0.29) is 24.4 Å². The van der Waals surface area contributed by atoms with Crippen LogP contribution in [-0.2, 0) is 16.0 Å². The average molecular weight is 296 g/mol. The first-order valence-electron chi connectivity index (χ1n) is 6.38. The van der Waals surface area contributed by atoms with Crippen molar-refractivity contribution in [2.45, 2.75) is 19.4 Å². The molecule has 0 aliphatic carbocycles. The average Bonchev–Trinajstić information content (AvgIpc) is 3.00. The van der Waals surface area contributed by atoms with Gasteiger partial charge in [0.05, 0.1) is 17.7 Å². The molecule has 1 atom stereocenters. The van der Waals surface area contributed by atoms with Crippen LogP contribution in [0.5, 0.6) is 0 Å². The quantitative estimate of drug-likeness (QED) is 0.834. The Hall–Kier alpha value is -1.01. The molecular weight excluding hydrogens is 280 g/mol. The molecule has 1 saturated heterocycles. The Morgan fingerprint density at radius 2 is 2.37 bits per heavy atom. The van der Waals surface area contributed by atoms with Crippen molar-refractivity contribution in [3.8, 4) is 0 Å². The number of fused-ring (bicyclic) bond motifs is 1. The molecular formula is C13H16N2O2S2. The molecule has 2 amide bonds. The van der Waals surface area contributed by atoms with E-state index in [4.69, 9.17) is 0 Å². The monoisotopic (exact) mass is 296 g/mol. The van der Waals surface area contributed by atoms with Crippen LogP contribution in [0, 0.1) is 0 Å². The third-order valence-corrected chi connectivity index (χ3v) is 5.69. The summed E-state index contributed by atoms with van der Waals surface area (Å²) in [5.41, 5.74) is 1.27. The number of hydrogen-bond acceptors (Lipinski definition) is 4. The van der Waals surface area contributed by atoms with Gasteiger partial charge in [-0.1, -0.05) is 0 Å². The van der Waals surface area contributed by atoms with Crippen LogP contribution in [0.3, 0.4) is 0 Å². The van der Waals surface area contributed by atoms with E-state index < -0.39 is 0 Å². The number of carbonyl (C=O) groups excluding carboxylic acids is 2. The van der Waals surface area contributed by atoms with Gasteiger partial charge in [0.15, 0.2) is 0 Å². The Morgan fingerprint density at radius 1 is 1.53 bits per heavy atom. The van der Waals surface area contributed by atoms with Crippen molar-refractivity contribution in [2.24, 2.45) is 0 Å². The van der Waals surface area contributed by atoms with Gasteiger partial charge in [-0.15, -0.1) is 23.1 Å². The Labute approximate surface area is 120 Å². The van der Waals surface area contributed by atoms with Gasteiger partial charge in [0.1, 0.15) is 6.54 Å². The molecule has 0 bridgehead atoms. The predicted octanol–water partition coefficient (Wildman–Crippen LogP) is 1.73. The lowest BCUT2D eigenvalue weighted by molar-refractivity contribution is -0.139. The number of nitrogens with zero attached hydrogens (tertiary/aromatic N) is 2. The molecule has 0 aromatic carbocycles. The Morgan fingerprint density at radius 3 is 3.11 bits per heavy atom. The topological polar surface area (TPSA) is 40.6 Å². The fourth-order valence-corrected chi connectivity index (χ4v) is 4.51. The third kappa shape index (κ3) is 2.39. The first-order valence-corrected chi connectivity index (χ1v) is 8.41. The molecule has 2 aliphatic rings. The SMILES string of the molecule is CC1c2ccsc2CCN1C(=O)CN1CSCC1=O. The number of amides is 2. The molecule has 3 rings (SSSR count). The summed E-state index contributed by atoms with van der Waals surface area (Å²) >= 11 is 3.35. The minimum Gasteiger partial charge on any atom is -0.334 e. The fraction of sp³-hybridized carbons (Fsp3) is 0.538. The molecule has 0 saturated carbocycles. The summed E-state index contributed by atoms with van der Waals surface area (Å²) in [5.74, 6) is 1.31. The van der Waals surface area contributed by atoms with Crippen LogP contribution >= 0.6 is 23.1 Å². The van der Waals surface area contributed by atoms with Gasteiger partial charge in [-0.3, -0.25) is 9.59 Å². The van der Waals surface area contributed by atoms with E-state index in [9.17, 15) is 9.59 Å². The molecule has 1 aromatic rings. The maximum atomic E-state index is 12.4. The lowest BCUT2D eigenvalue weighted by Crippen LogP contribution is -2.44. The molecule has 0 N–H and O–H groups in total. The standard InChI is InChI=1S/C13H16N2O2S2/c1-9-10-3-5-19-11(10)2-4-15(9)12(16)6-14-8-18-7-13(14)17/h3,5,9H,2,4,6-8H2,1H3. The minimum atomic E-state index is 0.0696. The maximum Gasteiger partial charge on any atom is 0.242 e. The van der Waals surface area contributed by atoms with Gasteiger partial charge in [0.2, 0.25) is 11.8 Å². The summed E-state index contributed by atoms with van der Waals surface area (Å²) in [6, 6.07) is 2.24. The van der Waals surface area contributed by atoms with Crippen LogP contribution in [0.1, 0.15) is 23.4 Å². The smallest absolute Gasteiger partial charge is 0.242 e. The number of hydrogen-bond donors (Lipinski definition) is 0. The Kier molecular flexibility index (Phi) is 3.54. The zero-order valence-corrected chi connectivity index (χ0v) is 12.4. The Bertz CT molecular complexity index is 514. The van der Waals surface area contributed by atoms with E-state index in [1.165, 1.54) is 10.4 Å². The van der Waals surface area contributed by atoms with Crippen LogP contribution in [-0.4, -0.2) is 46.3 Å². The van der Waals surface area contributed by atoms with Gasteiger partial charge >= 0.3 is 0 Å². The largest absolute Gasteiger partial charge is 0.334 e. The van der Waals surface area contributed by atoms with E-state index in [0.717, 1.165) is 13.0 Å². The van der Waals surface area contributed by atoms with E-state index >= 15 is 0 Å². The molecule has 0 spiro atoms. The van der Waals surface area contributed by atoms with E-state index in [2.05, 4.69) is 18.4 Å². The molecule has 6 heteroatoms. The van der Waals surface area contributed by atoms with Crippen LogP contribution in [0.15, 0.2) is 11.4 Å². The van der Waals surface area contributed by atoms with Crippen molar-refractivity contribution in [3.63, 3.8) is 0 Å². The van der Waals surface area contributed by atoms with Crippen molar-refractivity contribution >= 4 is 34.9 Å². The summed E-state index contributed by atoms with van der Waals surface area (Å²) in [6.07, 6.45) is 0.936. The maximum absolute atomic E-state index is 12.4. The molecule has 102 valence electrons. The minimum absolute atomic E-state index is 0.0696. The summed E-state index contributed by atoms with van der Waals surface area (Å²) in [4.78, 5) is 28.9. The lowest BCUT2D eigenvalue weighted by Gasteiger charge is -2.34. The molecule has 19 heavy (non-hydrogen) atoms. The first kappa shape index (κ1) is 13.0. The summed E-state index contributed by atoms with van der Waals surface area (Å²) in [6.45, 7) is 3.07. The highest BCUT2D eigenvalue weighted by molar-refractivity contribution is 8.00. The lowest BCUT2D eigenvalue weighted by atomic mass is 10.0. The van der Waals surface area contributed by atoms with Crippen molar-refractivity contribution in [3.05, 3.63) is 21.9 Å². The van der Waals surface area contributed by atoms with Gasteiger partial charge in [-0.2, -0.15) is 0 Å². The van der Waals surface area contributed by atoms with Gasteiger partial charge in [0.25, 0.3) is 0 Å². The highest BCUT2D eigenvalue weighted by atomic mass is 32.2. The van der Waals surface area contributed by atoms with Crippen LogP contribution in [0.4, 0.5) is 0 Å². The van der Waals surface area contributed by atoms with E-state index in [0.29, 0.717) is 11.6 Å². The fourth-order valence-electron chi connectivity index (χ4n) is 2.64. The van der Waals surface area contributed by atoms with Crippen LogP contribution in [0.25, 0.3) is 0 Å². The zero-order valence-electron chi connectivity index (χ0n) is 10.8. The van der Waals surface area contributed by atoms with Gasteiger partial charge < -0.3 is 9.80 Å². The molecule has 1 unspecified atom stereocenters. The highest BCUT2D eigenvalue weighted by Gasteiger charge is 2.31. The van der Waals surface area contributed by atoms with Crippen molar-refractivity contribution in [1.29, 1.82) is 0 Å². The molecule has 1 fully saturated rings. The van der Waals surface area contributed by atoms with Gasteiger partial charge in [-0.05, 0) is 30.4 Å². The Balaban J connectivity index is 1.69. The highest BCUT2D eigenvalue weighted by Crippen LogP contribution is 2.33. The molecule has 4 nitrogen and oxygen atoms in total. The van der Waals surface area contributed by atoms with Crippen molar-refractivity contribution in [1.82, 2.24) is 9.80 Å². The summed E-state index contributed by atoms with van der Waals surface area (Å²) in [5, 5.41) is 2.09. The second-order valence-corrected chi connectivity index (χ2v) is 6.84. The van der Waals surface area contributed by atoms with E-state index in [1.54, 1.807) is 28.0 Å². The van der Waals surface area contributed by atoms with Crippen LogP contribution < -0.4 is 0 Å². The van der Waals surface area contributed by atoms with Crippen molar-refractivity contribution < 1.29 is 9.59 Å². The van der Waals surface area contributed by atoms with Crippen LogP contribution in [0.2, 0.25) is 0 Å². The summed E-state index contributed by atoms with van der Waals surface area (Å²) in [7, 11) is 0. The second kappa shape index (κ2) is 5.17. The number of rotatable bonds is 2. The van der Waals surface area contributed by atoms with Crippen molar-refractivity contribution in [2.75, 3.05) is 24.7 Å². The first-order chi connectivity index (χ1) is 9.16. The summed E-state index contributed by atoms with van der Waals surface area (Å²) < 4.78 is 0. The third-order valence-electron chi connectivity index (χ3n) is 3.75. The van der Waals surface area contributed by atoms with Gasteiger partial charge in [-0.25, -0.2) is 0 Å². The molecule has 2 aliphatic heterocycles. The molecule has 3 heterocycles. The van der Waals surface area contributed by atoms with Gasteiger partial charge in [0, 0.05) is 11.4 Å². The molecule has 1 aromatic heterocycles. The second-order valence-electron chi connectivity index (χ2n) is 4.88. The van der Waals surface area contributed by atoms with E-state index in [1.807, 2.05) is 4.90 Å². The number of thiophene rings is 1. The normalized spacial score (nSPS) is 22.8. The number of carbonyl (C=O) groups is 2.